The first-order valence-electron chi connectivity index (χ1n) is 5.59. The van der Waals surface area contributed by atoms with E-state index in [1.807, 2.05) is 12.1 Å². The molecule has 1 aliphatic carbocycles. The Morgan fingerprint density at radius 1 is 1.21 bits per heavy atom. The van der Waals surface area contributed by atoms with Crippen molar-refractivity contribution < 1.29 is 4.79 Å². The summed E-state index contributed by atoms with van der Waals surface area (Å²) in [5, 5.41) is 0. The van der Waals surface area contributed by atoms with E-state index in [2.05, 4.69) is 10.8 Å². The van der Waals surface area contributed by atoms with Crippen LogP contribution in [0.5, 0.6) is 0 Å². The number of ketones is 1. The van der Waals surface area contributed by atoms with Gasteiger partial charge in [-0.25, -0.2) is 0 Å². The zero-order chi connectivity index (χ0) is 9.54. The smallest absolute Gasteiger partial charge is 0.184 e. The summed E-state index contributed by atoms with van der Waals surface area (Å²) in [6, 6.07) is 4.45. The van der Waals surface area contributed by atoms with E-state index in [0.29, 0.717) is 17.7 Å². The number of hydrogen-bond donors (Lipinski definition) is 0. The van der Waals surface area contributed by atoms with Crippen LogP contribution in [0.2, 0.25) is 0 Å². The Bertz CT molecular complexity index is 366. The molecule has 0 N–H and O–H groups in total. The Labute approximate surface area is 83.9 Å². The second kappa shape index (κ2) is 2.97. The van der Waals surface area contributed by atoms with E-state index < -0.39 is 0 Å². The molecule has 2 heterocycles. The Morgan fingerprint density at radius 2 is 2.07 bits per heavy atom. The van der Waals surface area contributed by atoms with Gasteiger partial charge in [-0.2, -0.15) is 0 Å². The molecule has 1 saturated carbocycles. The lowest BCUT2D eigenvalue weighted by Gasteiger charge is -2.16. The monoisotopic (exact) mass is 189 g/mol. The third-order valence-electron chi connectivity index (χ3n) is 3.70. The third kappa shape index (κ3) is 0.999. The van der Waals surface area contributed by atoms with Crippen molar-refractivity contribution in [2.24, 2.45) is 5.92 Å². The standard InChI is InChI=1S/C12H15NO/c14-12-9-5-2-1-3-6-10(9)13-8-4-7-11(12)13/h4,7-10H,1-3,5-6H2. The van der Waals surface area contributed by atoms with Crippen molar-refractivity contribution in [2.45, 2.75) is 38.1 Å². The SMILES string of the molecule is O=C1c2cccn2C2CCCCCC12. The van der Waals surface area contributed by atoms with Crippen LogP contribution in [0.4, 0.5) is 0 Å². The molecule has 0 saturated heterocycles. The number of aromatic nitrogens is 1. The minimum atomic E-state index is 0.300. The third-order valence-corrected chi connectivity index (χ3v) is 3.70. The maximum atomic E-state index is 12.0. The highest BCUT2D eigenvalue weighted by Gasteiger charge is 2.39. The molecule has 14 heavy (non-hydrogen) atoms. The van der Waals surface area contributed by atoms with E-state index in [9.17, 15) is 4.79 Å². The van der Waals surface area contributed by atoms with E-state index in [1.165, 1.54) is 25.7 Å². The number of rotatable bonds is 0. The second-order valence-electron chi connectivity index (χ2n) is 4.48. The van der Waals surface area contributed by atoms with Crippen molar-refractivity contribution in [1.82, 2.24) is 4.57 Å². The normalized spacial score (nSPS) is 31.0. The van der Waals surface area contributed by atoms with E-state index in [1.54, 1.807) is 0 Å². The Kier molecular flexibility index (Phi) is 1.76. The molecule has 2 aliphatic rings. The van der Waals surface area contributed by atoms with Crippen molar-refractivity contribution in [3.63, 3.8) is 0 Å². The first-order valence-corrected chi connectivity index (χ1v) is 5.59. The fourth-order valence-corrected chi connectivity index (χ4v) is 3.01. The number of nitrogens with zero attached hydrogens (tertiary/aromatic N) is 1. The topological polar surface area (TPSA) is 22.0 Å². The van der Waals surface area contributed by atoms with Crippen molar-refractivity contribution in [1.29, 1.82) is 0 Å². The van der Waals surface area contributed by atoms with Gasteiger partial charge in [0, 0.05) is 18.2 Å². The van der Waals surface area contributed by atoms with Gasteiger partial charge in [0.1, 0.15) is 0 Å². The van der Waals surface area contributed by atoms with Gasteiger partial charge in [-0.05, 0) is 25.0 Å². The largest absolute Gasteiger partial charge is 0.341 e. The zero-order valence-electron chi connectivity index (χ0n) is 8.28. The molecule has 2 heteroatoms. The van der Waals surface area contributed by atoms with Gasteiger partial charge in [-0.1, -0.05) is 19.3 Å². The van der Waals surface area contributed by atoms with Gasteiger partial charge in [-0.15, -0.1) is 0 Å². The zero-order valence-corrected chi connectivity index (χ0v) is 8.28. The summed E-state index contributed by atoms with van der Waals surface area (Å²) in [7, 11) is 0. The summed E-state index contributed by atoms with van der Waals surface area (Å²) in [5.41, 5.74) is 0.946. The molecule has 0 spiro atoms. The Balaban J connectivity index is 2.03. The second-order valence-corrected chi connectivity index (χ2v) is 4.48. The van der Waals surface area contributed by atoms with Gasteiger partial charge in [0.25, 0.3) is 0 Å². The first kappa shape index (κ1) is 8.27. The molecule has 74 valence electrons. The van der Waals surface area contributed by atoms with Gasteiger partial charge in [0.15, 0.2) is 5.78 Å². The average Bonchev–Trinajstić information content (AvgIpc) is 2.65. The maximum absolute atomic E-state index is 12.0. The summed E-state index contributed by atoms with van der Waals surface area (Å²) in [6.45, 7) is 0. The van der Waals surface area contributed by atoms with Crippen LogP contribution in [-0.4, -0.2) is 10.4 Å². The van der Waals surface area contributed by atoms with Crippen molar-refractivity contribution in [3.8, 4) is 0 Å². The highest BCUT2D eigenvalue weighted by Crippen LogP contribution is 2.40. The van der Waals surface area contributed by atoms with Crippen LogP contribution in [0.3, 0.4) is 0 Å². The fourth-order valence-electron chi connectivity index (χ4n) is 3.01. The van der Waals surface area contributed by atoms with Crippen LogP contribution < -0.4 is 0 Å². The molecule has 2 nitrogen and oxygen atoms in total. The highest BCUT2D eigenvalue weighted by molar-refractivity contribution is 5.99. The van der Waals surface area contributed by atoms with E-state index in [4.69, 9.17) is 0 Å². The summed E-state index contributed by atoms with van der Waals surface area (Å²) in [6.07, 6.45) is 8.19. The molecule has 0 bridgehead atoms. The molecule has 0 amide bonds. The van der Waals surface area contributed by atoms with Crippen LogP contribution in [0, 0.1) is 5.92 Å². The predicted molar refractivity (Wildman–Crippen MR) is 54.4 cm³/mol. The van der Waals surface area contributed by atoms with Crippen LogP contribution in [0.25, 0.3) is 0 Å². The van der Waals surface area contributed by atoms with Crippen LogP contribution >= 0.6 is 0 Å². The summed E-state index contributed by atoms with van der Waals surface area (Å²) < 4.78 is 2.21. The minimum absolute atomic E-state index is 0.300. The van der Waals surface area contributed by atoms with E-state index >= 15 is 0 Å². The lowest BCUT2D eigenvalue weighted by Crippen LogP contribution is -2.14. The van der Waals surface area contributed by atoms with Gasteiger partial charge >= 0.3 is 0 Å². The average molecular weight is 189 g/mol. The molecule has 1 aliphatic heterocycles. The van der Waals surface area contributed by atoms with Gasteiger partial charge < -0.3 is 4.57 Å². The quantitative estimate of drug-likeness (QED) is 0.615. The molecule has 0 aromatic carbocycles. The predicted octanol–water partition coefficient (Wildman–Crippen LogP) is 2.81. The molecular weight excluding hydrogens is 174 g/mol. The summed E-state index contributed by atoms with van der Waals surface area (Å²) in [4.78, 5) is 12.0. The number of carbonyl (C=O) groups excluding carboxylic acids is 1. The van der Waals surface area contributed by atoms with Crippen molar-refractivity contribution >= 4 is 5.78 Å². The lowest BCUT2D eigenvalue weighted by molar-refractivity contribution is 0.0914. The molecule has 1 fully saturated rings. The molecule has 2 unspecified atom stereocenters. The lowest BCUT2D eigenvalue weighted by atomic mass is 9.93. The van der Waals surface area contributed by atoms with E-state index in [-0.39, 0.29) is 0 Å². The maximum Gasteiger partial charge on any atom is 0.184 e. The van der Waals surface area contributed by atoms with Gasteiger partial charge in [0.05, 0.1) is 5.69 Å². The molecule has 2 atom stereocenters. The van der Waals surface area contributed by atoms with Crippen molar-refractivity contribution in [3.05, 3.63) is 24.0 Å². The summed E-state index contributed by atoms with van der Waals surface area (Å²) >= 11 is 0. The summed E-state index contributed by atoms with van der Waals surface area (Å²) in [5.74, 6) is 0.690. The van der Waals surface area contributed by atoms with Crippen LogP contribution in [-0.2, 0) is 0 Å². The van der Waals surface area contributed by atoms with Crippen molar-refractivity contribution in [2.75, 3.05) is 0 Å². The number of Topliss-reactive ketones (excluding diaryl/α,β-unsaturated/α-hetero) is 1. The molecule has 3 rings (SSSR count). The molecule has 0 radical (unpaired) electrons. The van der Waals surface area contributed by atoms with E-state index in [0.717, 1.165) is 12.1 Å². The first-order chi connectivity index (χ1) is 6.88. The minimum Gasteiger partial charge on any atom is -0.341 e. The van der Waals surface area contributed by atoms with Crippen LogP contribution in [0.15, 0.2) is 18.3 Å². The van der Waals surface area contributed by atoms with Gasteiger partial charge in [-0.3, -0.25) is 4.79 Å². The van der Waals surface area contributed by atoms with Gasteiger partial charge in [0.2, 0.25) is 0 Å². The number of hydrogen-bond acceptors (Lipinski definition) is 1. The highest BCUT2D eigenvalue weighted by atomic mass is 16.1. The fraction of sp³-hybridized carbons (Fsp3) is 0.583. The number of carbonyl (C=O) groups is 1. The molecule has 1 aromatic rings. The Morgan fingerprint density at radius 3 is 3.00 bits per heavy atom. The molecule has 1 aromatic heterocycles. The molecular formula is C12H15NO. The van der Waals surface area contributed by atoms with Crippen LogP contribution in [0.1, 0.15) is 48.6 Å². The Hall–Kier alpha value is -1.05. The number of fused-ring (bicyclic) bond motifs is 3.